The van der Waals surface area contributed by atoms with E-state index in [-0.39, 0.29) is 0 Å². The average molecular weight is 565 g/mol. The van der Waals surface area contributed by atoms with E-state index in [1.165, 1.54) is 109 Å². The lowest BCUT2D eigenvalue weighted by Gasteiger charge is -2.30. The summed E-state index contributed by atoms with van der Waals surface area (Å²) in [7, 11) is -1.73. The number of benzene rings is 2. The monoisotopic (exact) mass is 562 g/mol. The van der Waals surface area contributed by atoms with Gasteiger partial charge in [-0.3, -0.25) is 0 Å². The van der Waals surface area contributed by atoms with Gasteiger partial charge in [-0.15, -0.1) is 0 Å². The minimum atomic E-state index is -1.73. The lowest BCUT2D eigenvalue weighted by Crippen LogP contribution is -2.55. The minimum absolute atomic E-state index is 1.25. The Balaban J connectivity index is 1.85. The van der Waals surface area contributed by atoms with Crippen molar-refractivity contribution in [2.24, 2.45) is 0 Å². The van der Waals surface area contributed by atoms with Gasteiger partial charge in [0.2, 0.25) is 0 Å². The van der Waals surface area contributed by atoms with Gasteiger partial charge in [-0.1, -0.05) is 135 Å². The van der Waals surface area contributed by atoms with E-state index in [4.69, 9.17) is 0 Å². The van der Waals surface area contributed by atoms with Crippen LogP contribution in [0, 0.1) is 0 Å². The summed E-state index contributed by atoms with van der Waals surface area (Å²) in [4.78, 5) is 0. The molecule has 0 atom stereocenters. The molecule has 0 aromatic heterocycles. The SMILES string of the molecule is CCCCCCCC[Si]1(CCCCCCCC)c2cc(Br)ccc2-c2ccc(Br)cc21. The van der Waals surface area contributed by atoms with Crippen LogP contribution in [0.4, 0.5) is 0 Å². The fourth-order valence-electron chi connectivity index (χ4n) is 5.52. The molecule has 31 heavy (non-hydrogen) atoms. The molecule has 0 amide bonds. The van der Waals surface area contributed by atoms with Crippen molar-refractivity contribution >= 4 is 50.3 Å². The van der Waals surface area contributed by atoms with Crippen LogP contribution in [0.15, 0.2) is 45.3 Å². The normalized spacial score (nSPS) is 13.9. The van der Waals surface area contributed by atoms with Crippen LogP contribution < -0.4 is 10.4 Å². The third kappa shape index (κ3) is 6.36. The molecule has 3 heteroatoms. The Morgan fingerprint density at radius 2 is 0.935 bits per heavy atom. The van der Waals surface area contributed by atoms with E-state index >= 15 is 0 Å². The first-order valence-corrected chi connectivity index (χ1v) is 16.7. The maximum atomic E-state index is 3.81. The molecule has 1 aliphatic rings. The first kappa shape index (κ1) is 25.2. The summed E-state index contributed by atoms with van der Waals surface area (Å²) in [5, 5.41) is 3.41. The Morgan fingerprint density at radius 3 is 1.35 bits per heavy atom. The van der Waals surface area contributed by atoms with Crippen LogP contribution in [0.1, 0.15) is 90.9 Å². The zero-order valence-electron chi connectivity index (χ0n) is 19.6. The van der Waals surface area contributed by atoms with Gasteiger partial charge in [0.15, 0.2) is 0 Å². The molecule has 2 aromatic carbocycles. The van der Waals surface area contributed by atoms with Crippen molar-refractivity contribution in [1.29, 1.82) is 0 Å². The summed E-state index contributed by atoms with van der Waals surface area (Å²) < 4.78 is 2.50. The van der Waals surface area contributed by atoms with E-state index in [0.29, 0.717) is 0 Å². The van der Waals surface area contributed by atoms with Gasteiger partial charge in [0.1, 0.15) is 8.07 Å². The summed E-state index contributed by atoms with van der Waals surface area (Å²) >= 11 is 7.62. The number of hydrogen-bond acceptors (Lipinski definition) is 0. The van der Waals surface area contributed by atoms with Crippen LogP contribution in [-0.2, 0) is 0 Å². The van der Waals surface area contributed by atoms with Crippen LogP contribution in [0.5, 0.6) is 0 Å². The van der Waals surface area contributed by atoms with Crippen molar-refractivity contribution in [3.05, 3.63) is 45.3 Å². The molecule has 0 saturated carbocycles. The van der Waals surface area contributed by atoms with Crippen molar-refractivity contribution in [3.8, 4) is 11.1 Å². The van der Waals surface area contributed by atoms with Crippen LogP contribution in [0.2, 0.25) is 12.1 Å². The summed E-state index contributed by atoms with van der Waals surface area (Å²) in [6, 6.07) is 17.1. The average Bonchev–Trinajstić information content (AvgIpc) is 3.02. The van der Waals surface area contributed by atoms with E-state index < -0.39 is 8.07 Å². The highest BCUT2D eigenvalue weighted by Gasteiger charge is 2.44. The van der Waals surface area contributed by atoms with Crippen LogP contribution >= 0.6 is 31.9 Å². The molecule has 0 aliphatic carbocycles. The standard InChI is InChI=1S/C28H40Br2Si/c1-3-5-7-9-11-13-19-31(20-14-12-10-8-6-4-2)27-21-23(29)15-17-25(27)26-18-16-24(30)22-28(26)31/h15-18,21-22H,3-14,19-20H2,1-2H3. The van der Waals surface area contributed by atoms with Gasteiger partial charge in [-0.05, 0) is 57.9 Å². The van der Waals surface area contributed by atoms with Crippen molar-refractivity contribution in [3.63, 3.8) is 0 Å². The Kier molecular flexibility index (Phi) is 10.4. The Bertz CT molecular complexity index is 760. The predicted octanol–water partition coefficient (Wildman–Crippen LogP) is 9.48. The van der Waals surface area contributed by atoms with E-state index in [0.717, 1.165) is 0 Å². The molecular weight excluding hydrogens is 524 g/mol. The van der Waals surface area contributed by atoms with Gasteiger partial charge in [-0.25, -0.2) is 0 Å². The molecule has 0 nitrogen and oxygen atoms in total. The molecule has 0 fully saturated rings. The van der Waals surface area contributed by atoms with Gasteiger partial charge in [0.05, 0.1) is 0 Å². The molecule has 2 aromatic rings. The zero-order valence-corrected chi connectivity index (χ0v) is 23.8. The van der Waals surface area contributed by atoms with E-state index in [9.17, 15) is 0 Å². The molecule has 3 rings (SSSR count). The second kappa shape index (κ2) is 12.7. The summed E-state index contributed by atoms with van der Waals surface area (Å²) in [6.07, 6.45) is 16.7. The third-order valence-corrected chi connectivity index (χ3v) is 13.5. The quantitative estimate of drug-likeness (QED) is 0.158. The number of fused-ring (bicyclic) bond motifs is 3. The highest BCUT2D eigenvalue weighted by Crippen LogP contribution is 2.37. The number of hydrogen-bond donors (Lipinski definition) is 0. The number of rotatable bonds is 14. The second-order valence-corrected chi connectivity index (χ2v) is 15.6. The first-order chi connectivity index (χ1) is 15.1. The second-order valence-electron chi connectivity index (χ2n) is 9.50. The van der Waals surface area contributed by atoms with E-state index in [2.05, 4.69) is 82.1 Å². The smallest absolute Gasteiger partial charge is 0.0654 e. The molecule has 0 unspecified atom stereocenters. The van der Waals surface area contributed by atoms with Crippen molar-refractivity contribution in [2.75, 3.05) is 0 Å². The minimum Gasteiger partial charge on any atom is -0.0654 e. The van der Waals surface area contributed by atoms with Gasteiger partial charge < -0.3 is 0 Å². The topological polar surface area (TPSA) is 0 Å². The highest BCUT2D eigenvalue weighted by atomic mass is 79.9. The largest absolute Gasteiger partial charge is 0.119 e. The Hall–Kier alpha value is -0.383. The Morgan fingerprint density at radius 1 is 0.548 bits per heavy atom. The van der Waals surface area contributed by atoms with E-state index in [1.54, 1.807) is 10.4 Å². The zero-order chi connectivity index (χ0) is 22.1. The van der Waals surface area contributed by atoms with Gasteiger partial charge in [0, 0.05) is 8.95 Å². The number of halogens is 2. The summed E-state index contributed by atoms with van der Waals surface area (Å²) in [5.41, 5.74) is 3.05. The molecular formula is C28H40Br2Si. The molecule has 0 N–H and O–H groups in total. The van der Waals surface area contributed by atoms with Gasteiger partial charge >= 0.3 is 0 Å². The molecule has 0 radical (unpaired) electrons. The van der Waals surface area contributed by atoms with Crippen LogP contribution in [-0.4, -0.2) is 8.07 Å². The van der Waals surface area contributed by atoms with Crippen molar-refractivity contribution < 1.29 is 0 Å². The van der Waals surface area contributed by atoms with Gasteiger partial charge in [0.25, 0.3) is 0 Å². The molecule has 170 valence electrons. The molecule has 0 bridgehead atoms. The number of unbranched alkanes of at least 4 members (excludes halogenated alkanes) is 10. The maximum Gasteiger partial charge on any atom is 0.119 e. The molecule has 0 saturated heterocycles. The molecule has 1 heterocycles. The van der Waals surface area contributed by atoms with Gasteiger partial charge in [-0.2, -0.15) is 0 Å². The maximum absolute atomic E-state index is 3.81. The lowest BCUT2D eigenvalue weighted by atomic mass is 10.1. The predicted molar refractivity (Wildman–Crippen MR) is 149 cm³/mol. The van der Waals surface area contributed by atoms with Crippen LogP contribution in [0.25, 0.3) is 11.1 Å². The molecule has 1 aliphatic heterocycles. The summed E-state index contributed by atoms with van der Waals surface area (Å²) in [6.45, 7) is 4.62. The highest BCUT2D eigenvalue weighted by molar-refractivity contribution is 9.10. The molecule has 0 spiro atoms. The fraction of sp³-hybridized carbons (Fsp3) is 0.571. The third-order valence-electron chi connectivity index (χ3n) is 7.20. The van der Waals surface area contributed by atoms with Crippen molar-refractivity contribution in [2.45, 2.75) is 103 Å². The first-order valence-electron chi connectivity index (χ1n) is 12.7. The van der Waals surface area contributed by atoms with E-state index in [1.807, 2.05) is 0 Å². The Labute approximate surface area is 208 Å². The summed E-state index contributed by atoms with van der Waals surface area (Å²) in [5.74, 6) is 0. The fourth-order valence-corrected chi connectivity index (χ4v) is 12.3. The van der Waals surface area contributed by atoms with Crippen LogP contribution in [0.3, 0.4) is 0 Å². The van der Waals surface area contributed by atoms with Crippen molar-refractivity contribution in [1.82, 2.24) is 0 Å². The lowest BCUT2D eigenvalue weighted by molar-refractivity contribution is 0.616.